The Labute approximate surface area is 114 Å². The Morgan fingerprint density at radius 1 is 1.53 bits per heavy atom. The van der Waals surface area contributed by atoms with Gasteiger partial charge in [0, 0.05) is 4.88 Å². The molecular formula is C13H16N2O3S. The van der Waals surface area contributed by atoms with Crippen LogP contribution in [0.4, 0.5) is 0 Å². The van der Waals surface area contributed by atoms with E-state index in [1.54, 1.807) is 0 Å². The molecule has 5 nitrogen and oxygen atoms in total. The van der Waals surface area contributed by atoms with Crippen LogP contribution in [0, 0.1) is 13.8 Å². The van der Waals surface area contributed by atoms with Gasteiger partial charge in [-0.15, -0.1) is 11.3 Å². The van der Waals surface area contributed by atoms with Crippen LogP contribution in [0.5, 0.6) is 0 Å². The van der Waals surface area contributed by atoms with Gasteiger partial charge in [-0.1, -0.05) is 13.3 Å². The van der Waals surface area contributed by atoms with Crippen LogP contribution >= 0.6 is 11.3 Å². The van der Waals surface area contributed by atoms with E-state index in [4.69, 9.17) is 0 Å². The van der Waals surface area contributed by atoms with Gasteiger partial charge < -0.3 is 5.11 Å². The van der Waals surface area contributed by atoms with Crippen LogP contribution in [0.1, 0.15) is 36.2 Å². The number of carboxylic acid groups (broad SMARTS) is 1. The number of nitrogens with zero attached hydrogens (tertiary/aromatic N) is 2. The quantitative estimate of drug-likeness (QED) is 0.934. The van der Waals surface area contributed by atoms with Gasteiger partial charge in [0.25, 0.3) is 5.56 Å². The van der Waals surface area contributed by atoms with Gasteiger partial charge in [-0.2, -0.15) is 0 Å². The van der Waals surface area contributed by atoms with Crippen molar-refractivity contribution in [1.29, 1.82) is 0 Å². The lowest BCUT2D eigenvalue weighted by atomic mass is 10.1. The first-order valence-electron chi connectivity index (χ1n) is 6.17. The first kappa shape index (κ1) is 13.7. The Balaban J connectivity index is 2.68. The molecule has 1 unspecified atom stereocenters. The minimum absolute atomic E-state index is 0.257. The highest BCUT2D eigenvalue weighted by atomic mass is 32.1. The molecule has 2 aromatic heterocycles. The van der Waals surface area contributed by atoms with E-state index < -0.39 is 12.0 Å². The maximum Gasteiger partial charge on any atom is 0.326 e. The van der Waals surface area contributed by atoms with Crippen molar-refractivity contribution in [2.75, 3.05) is 0 Å². The number of aryl methyl sites for hydroxylation is 2. The highest BCUT2D eigenvalue weighted by Crippen LogP contribution is 2.26. The summed E-state index contributed by atoms with van der Waals surface area (Å²) in [6.07, 6.45) is 2.47. The van der Waals surface area contributed by atoms with Gasteiger partial charge in [0.15, 0.2) is 0 Å². The van der Waals surface area contributed by atoms with Gasteiger partial charge in [0.1, 0.15) is 10.9 Å². The van der Waals surface area contributed by atoms with Crippen LogP contribution in [-0.4, -0.2) is 20.6 Å². The second kappa shape index (κ2) is 5.13. The van der Waals surface area contributed by atoms with Crippen molar-refractivity contribution in [2.45, 2.75) is 39.7 Å². The van der Waals surface area contributed by atoms with Gasteiger partial charge in [0.2, 0.25) is 0 Å². The first-order valence-corrected chi connectivity index (χ1v) is 6.98. The molecule has 102 valence electrons. The molecule has 0 aliphatic carbocycles. The summed E-state index contributed by atoms with van der Waals surface area (Å²) in [5.74, 6) is -0.991. The van der Waals surface area contributed by atoms with E-state index in [2.05, 4.69) is 4.98 Å². The van der Waals surface area contributed by atoms with Gasteiger partial charge in [-0.3, -0.25) is 9.36 Å². The number of aromatic nitrogens is 2. The Bertz CT molecular complexity index is 687. The third-order valence-corrected chi connectivity index (χ3v) is 4.41. The number of hydrogen-bond donors (Lipinski definition) is 1. The molecule has 0 radical (unpaired) electrons. The zero-order valence-corrected chi connectivity index (χ0v) is 12.0. The molecule has 2 rings (SSSR count). The smallest absolute Gasteiger partial charge is 0.326 e. The van der Waals surface area contributed by atoms with Gasteiger partial charge in [0.05, 0.1) is 11.7 Å². The standard InChI is InChI=1S/C13H16N2O3S/c1-4-5-9(13(17)18)15-6-14-11-10(12(15)16)7(2)8(3)19-11/h6,9H,4-5H2,1-3H3,(H,17,18). The molecule has 2 heterocycles. The van der Waals surface area contributed by atoms with Crippen molar-refractivity contribution in [2.24, 2.45) is 0 Å². The summed E-state index contributed by atoms with van der Waals surface area (Å²) in [4.78, 5) is 29.7. The highest BCUT2D eigenvalue weighted by Gasteiger charge is 2.22. The Morgan fingerprint density at radius 3 is 2.79 bits per heavy atom. The van der Waals surface area contributed by atoms with Gasteiger partial charge >= 0.3 is 5.97 Å². The van der Waals surface area contributed by atoms with E-state index in [1.807, 2.05) is 20.8 Å². The normalized spacial score (nSPS) is 12.8. The van der Waals surface area contributed by atoms with Crippen molar-refractivity contribution in [3.05, 3.63) is 27.1 Å². The van der Waals surface area contributed by atoms with Crippen LogP contribution in [-0.2, 0) is 4.79 Å². The largest absolute Gasteiger partial charge is 0.480 e. The predicted octanol–water partition coefficient (Wildman–Crippen LogP) is 2.50. The van der Waals surface area contributed by atoms with Crippen LogP contribution < -0.4 is 5.56 Å². The number of carbonyl (C=O) groups is 1. The lowest BCUT2D eigenvalue weighted by molar-refractivity contribution is -0.141. The average Bonchev–Trinajstić information content (AvgIpc) is 2.64. The molecule has 0 aliphatic rings. The molecule has 0 aliphatic heterocycles. The van der Waals surface area contributed by atoms with Crippen LogP contribution in [0.25, 0.3) is 10.2 Å². The maximum absolute atomic E-state index is 12.4. The number of carboxylic acids is 1. The Hall–Kier alpha value is -1.69. The zero-order valence-electron chi connectivity index (χ0n) is 11.1. The van der Waals surface area contributed by atoms with Crippen LogP contribution in [0.15, 0.2) is 11.1 Å². The minimum atomic E-state index is -0.991. The maximum atomic E-state index is 12.4. The summed E-state index contributed by atoms with van der Waals surface area (Å²) in [7, 11) is 0. The van der Waals surface area contributed by atoms with Gasteiger partial charge in [-0.25, -0.2) is 9.78 Å². The van der Waals surface area contributed by atoms with Crippen molar-refractivity contribution in [3.63, 3.8) is 0 Å². The molecule has 0 spiro atoms. The molecule has 0 amide bonds. The summed E-state index contributed by atoms with van der Waals surface area (Å²) in [6, 6.07) is -0.839. The van der Waals surface area contributed by atoms with E-state index in [0.717, 1.165) is 10.4 Å². The van der Waals surface area contributed by atoms with E-state index in [0.29, 0.717) is 23.1 Å². The molecule has 6 heteroatoms. The molecule has 19 heavy (non-hydrogen) atoms. The fourth-order valence-electron chi connectivity index (χ4n) is 2.12. The van der Waals surface area contributed by atoms with Crippen molar-refractivity contribution < 1.29 is 9.90 Å². The number of hydrogen-bond acceptors (Lipinski definition) is 4. The third kappa shape index (κ3) is 2.28. The van der Waals surface area contributed by atoms with Crippen molar-refractivity contribution in [1.82, 2.24) is 9.55 Å². The summed E-state index contributed by atoms with van der Waals surface area (Å²) >= 11 is 1.46. The van der Waals surface area contributed by atoms with E-state index >= 15 is 0 Å². The topological polar surface area (TPSA) is 72.2 Å². The third-order valence-electron chi connectivity index (χ3n) is 3.30. The predicted molar refractivity (Wildman–Crippen MR) is 74.9 cm³/mol. The van der Waals surface area contributed by atoms with Crippen molar-refractivity contribution in [3.8, 4) is 0 Å². The summed E-state index contributed by atoms with van der Waals surface area (Å²) in [6.45, 7) is 5.70. The fraction of sp³-hybridized carbons (Fsp3) is 0.462. The molecule has 0 aromatic carbocycles. The molecular weight excluding hydrogens is 264 g/mol. The van der Waals surface area contributed by atoms with Gasteiger partial charge in [-0.05, 0) is 25.8 Å². The average molecular weight is 280 g/mol. The number of fused-ring (bicyclic) bond motifs is 1. The molecule has 0 fully saturated rings. The second-order valence-corrected chi connectivity index (χ2v) is 5.77. The monoisotopic (exact) mass is 280 g/mol. The van der Waals surface area contributed by atoms with Crippen LogP contribution in [0.2, 0.25) is 0 Å². The molecule has 0 saturated heterocycles. The molecule has 2 aromatic rings. The van der Waals surface area contributed by atoms with E-state index in [1.165, 1.54) is 22.2 Å². The number of rotatable bonds is 4. The Morgan fingerprint density at radius 2 is 2.21 bits per heavy atom. The second-order valence-electron chi connectivity index (χ2n) is 4.56. The number of aliphatic carboxylic acids is 1. The lowest BCUT2D eigenvalue weighted by Crippen LogP contribution is -2.30. The highest BCUT2D eigenvalue weighted by molar-refractivity contribution is 7.18. The van der Waals surface area contributed by atoms with E-state index in [9.17, 15) is 14.7 Å². The summed E-state index contributed by atoms with van der Waals surface area (Å²) < 4.78 is 1.24. The molecule has 0 saturated carbocycles. The molecule has 0 bridgehead atoms. The fourth-order valence-corrected chi connectivity index (χ4v) is 3.11. The first-order chi connectivity index (χ1) is 8.97. The number of thiophene rings is 1. The van der Waals surface area contributed by atoms with Crippen LogP contribution in [0.3, 0.4) is 0 Å². The zero-order chi connectivity index (χ0) is 14.2. The SMILES string of the molecule is CCCC(C(=O)O)n1cnc2sc(C)c(C)c2c1=O. The van der Waals surface area contributed by atoms with Crippen molar-refractivity contribution >= 4 is 27.5 Å². The minimum Gasteiger partial charge on any atom is -0.480 e. The summed E-state index contributed by atoms with van der Waals surface area (Å²) in [5.41, 5.74) is 0.639. The summed E-state index contributed by atoms with van der Waals surface area (Å²) in [5, 5.41) is 9.79. The molecule has 1 atom stereocenters. The molecule has 1 N–H and O–H groups in total. The lowest BCUT2D eigenvalue weighted by Gasteiger charge is -2.14. The van der Waals surface area contributed by atoms with E-state index in [-0.39, 0.29) is 5.56 Å². The Kier molecular flexibility index (Phi) is 3.71.